The summed E-state index contributed by atoms with van der Waals surface area (Å²) in [6, 6.07) is 6.58. The summed E-state index contributed by atoms with van der Waals surface area (Å²) in [5.74, 6) is -0.411. The molecule has 148 valence electrons. The molecule has 0 fully saturated rings. The number of methoxy groups -OCH3 is 1. The average molecular weight is 405 g/mol. The molecule has 0 saturated heterocycles. The number of nitrogens with one attached hydrogen (secondary N) is 1. The highest BCUT2D eigenvalue weighted by atomic mass is 35.5. The lowest BCUT2D eigenvalue weighted by Gasteiger charge is -2.27. The van der Waals surface area contributed by atoms with Crippen molar-refractivity contribution in [2.24, 2.45) is 9.98 Å². The van der Waals surface area contributed by atoms with Gasteiger partial charge in [-0.2, -0.15) is 0 Å². The van der Waals surface area contributed by atoms with Crippen LogP contribution < -0.4 is 5.32 Å². The number of hydrogen-bond acceptors (Lipinski definition) is 6. The number of halogens is 1. The Balaban J connectivity index is 1.57. The van der Waals surface area contributed by atoms with Gasteiger partial charge in [-0.3, -0.25) is 9.59 Å². The van der Waals surface area contributed by atoms with E-state index in [1.165, 1.54) is 0 Å². The summed E-state index contributed by atoms with van der Waals surface area (Å²) in [4.78, 5) is 34.8. The van der Waals surface area contributed by atoms with Crippen LogP contribution in [0.3, 0.4) is 0 Å². The van der Waals surface area contributed by atoms with Crippen LogP contribution in [-0.4, -0.2) is 68.4 Å². The largest absolute Gasteiger partial charge is 0.382 e. The molecule has 1 atom stereocenters. The fourth-order valence-electron chi connectivity index (χ4n) is 2.71. The van der Waals surface area contributed by atoms with Crippen LogP contribution in [0.25, 0.3) is 0 Å². The second-order valence-electron chi connectivity index (χ2n) is 6.17. The van der Waals surface area contributed by atoms with Crippen molar-refractivity contribution in [2.45, 2.75) is 12.7 Å². The quantitative estimate of drug-likeness (QED) is 0.699. The number of nitrogens with zero attached hydrogens (tertiary/aromatic N) is 3. The molecule has 2 aliphatic rings. The fourth-order valence-corrected chi connectivity index (χ4v) is 2.84. The predicted molar refractivity (Wildman–Crippen MR) is 106 cm³/mol. The first-order valence-electron chi connectivity index (χ1n) is 8.81. The average Bonchev–Trinajstić information content (AvgIpc) is 2.71. The summed E-state index contributed by atoms with van der Waals surface area (Å²) >= 11 is 5.84. The molecular weight excluding hydrogens is 384 g/mol. The van der Waals surface area contributed by atoms with E-state index in [-0.39, 0.29) is 18.4 Å². The van der Waals surface area contributed by atoms with Crippen molar-refractivity contribution < 1.29 is 19.1 Å². The first-order valence-corrected chi connectivity index (χ1v) is 9.19. The molecule has 0 bridgehead atoms. The van der Waals surface area contributed by atoms with Crippen LogP contribution in [0, 0.1) is 0 Å². The van der Waals surface area contributed by atoms with E-state index in [4.69, 9.17) is 21.1 Å². The number of hydrogen-bond donors (Lipinski definition) is 1. The van der Waals surface area contributed by atoms with Crippen molar-refractivity contribution >= 4 is 35.3 Å². The van der Waals surface area contributed by atoms with Gasteiger partial charge in [0, 0.05) is 48.6 Å². The number of carbonyl (C=O) groups excluding carboxylic acids is 2. The van der Waals surface area contributed by atoms with Crippen LogP contribution in [-0.2, 0) is 14.3 Å². The normalized spacial score (nSPS) is 18.2. The highest BCUT2D eigenvalue weighted by Crippen LogP contribution is 2.17. The van der Waals surface area contributed by atoms with Gasteiger partial charge in [-0.1, -0.05) is 11.6 Å². The lowest BCUT2D eigenvalue weighted by Crippen LogP contribution is -2.39. The lowest BCUT2D eigenvalue weighted by molar-refractivity contribution is -0.133. The van der Waals surface area contributed by atoms with Crippen molar-refractivity contribution in [2.75, 3.05) is 33.5 Å². The minimum absolute atomic E-state index is 0.00344. The van der Waals surface area contributed by atoms with Crippen molar-refractivity contribution in [1.29, 1.82) is 0 Å². The Bertz CT molecular complexity index is 820. The number of fused-ring (bicyclic) bond motifs is 1. The van der Waals surface area contributed by atoms with E-state index in [0.29, 0.717) is 36.8 Å². The molecule has 0 spiro atoms. The van der Waals surface area contributed by atoms with E-state index in [1.807, 2.05) is 0 Å². The molecule has 2 aliphatic heterocycles. The number of benzene rings is 1. The third kappa shape index (κ3) is 5.25. The van der Waals surface area contributed by atoms with Crippen molar-refractivity contribution in [3.05, 3.63) is 46.6 Å². The van der Waals surface area contributed by atoms with Gasteiger partial charge in [0.05, 0.1) is 18.9 Å². The van der Waals surface area contributed by atoms with Gasteiger partial charge in [0.1, 0.15) is 6.61 Å². The first kappa shape index (κ1) is 20.2. The number of aliphatic imine (C=N–C) groups is 2. The number of allylic oxidation sites excluding steroid dienone is 1. The summed E-state index contributed by atoms with van der Waals surface area (Å²) < 4.78 is 10.2. The SMILES string of the molecule is COCCOCC(=O)N1C=C2C=NC(NC(=O)c3ccc(Cl)cc3)N=C2CC1. The number of amides is 2. The Labute approximate surface area is 167 Å². The minimum Gasteiger partial charge on any atom is -0.382 e. The number of ether oxygens (including phenoxy) is 2. The predicted octanol–water partition coefficient (Wildman–Crippen LogP) is 1.66. The molecule has 28 heavy (non-hydrogen) atoms. The Morgan fingerprint density at radius 3 is 2.82 bits per heavy atom. The molecule has 0 radical (unpaired) electrons. The second-order valence-corrected chi connectivity index (χ2v) is 6.61. The van der Waals surface area contributed by atoms with Gasteiger partial charge < -0.3 is 19.7 Å². The third-order valence-corrected chi connectivity index (χ3v) is 4.45. The van der Waals surface area contributed by atoms with Crippen LogP contribution >= 0.6 is 11.6 Å². The lowest BCUT2D eigenvalue weighted by atomic mass is 10.0. The van der Waals surface area contributed by atoms with Gasteiger partial charge >= 0.3 is 0 Å². The maximum Gasteiger partial charge on any atom is 0.254 e. The van der Waals surface area contributed by atoms with Gasteiger partial charge in [0.2, 0.25) is 6.29 Å². The molecule has 2 heterocycles. The highest BCUT2D eigenvalue weighted by molar-refractivity contribution is 6.30. The Hall–Kier alpha value is -2.55. The van der Waals surface area contributed by atoms with Crippen LogP contribution in [0.5, 0.6) is 0 Å². The third-order valence-electron chi connectivity index (χ3n) is 4.19. The van der Waals surface area contributed by atoms with Crippen LogP contribution in [0.4, 0.5) is 0 Å². The van der Waals surface area contributed by atoms with E-state index in [9.17, 15) is 9.59 Å². The first-order chi connectivity index (χ1) is 13.6. The molecule has 0 aliphatic carbocycles. The van der Waals surface area contributed by atoms with Crippen LogP contribution in [0.15, 0.2) is 46.0 Å². The maximum absolute atomic E-state index is 12.3. The van der Waals surface area contributed by atoms with Crippen molar-refractivity contribution in [1.82, 2.24) is 10.2 Å². The summed E-state index contributed by atoms with van der Waals surface area (Å²) in [6.07, 6.45) is 3.23. The van der Waals surface area contributed by atoms with Gasteiger partial charge in [0.25, 0.3) is 11.8 Å². The molecule has 1 unspecified atom stereocenters. The molecule has 1 aromatic rings. The number of carbonyl (C=O) groups is 2. The van der Waals surface area contributed by atoms with E-state index >= 15 is 0 Å². The monoisotopic (exact) mass is 404 g/mol. The number of rotatable bonds is 7. The second kappa shape index (κ2) is 9.59. The molecule has 3 rings (SSSR count). The van der Waals surface area contributed by atoms with Crippen LogP contribution in [0.1, 0.15) is 16.8 Å². The zero-order valence-electron chi connectivity index (χ0n) is 15.4. The summed E-state index contributed by atoms with van der Waals surface area (Å²) in [6.45, 7) is 1.31. The minimum atomic E-state index is -0.685. The van der Waals surface area contributed by atoms with Gasteiger partial charge in [-0.15, -0.1) is 0 Å². The zero-order chi connectivity index (χ0) is 19.9. The fraction of sp³-hybridized carbons (Fsp3) is 0.368. The molecule has 1 aromatic carbocycles. The van der Waals surface area contributed by atoms with Crippen molar-refractivity contribution in [3.63, 3.8) is 0 Å². The van der Waals surface area contributed by atoms with E-state index in [0.717, 1.165) is 11.3 Å². The van der Waals surface area contributed by atoms with Crippen molar-refractivity contribution in [3.8, 4) is 0 Å². The molecular formula is C19H21ClN4O4. The van der Waals surface area contributed by atoms with E-state index in [1.54, 1.807) is 48.7 Å². The summed E-state index contributed by atoms with van der Waals surface area (Å²) in [7, 11) is 1.58. The van der Waals surface area contributed by atoms with Crippen LogP contribution in [0.2, 0.25) is 5.02 Å². The highest BCUT2D eigenvalue weighted by Gasteiger charge is 2.24. The van der Waals surface area contributed by atoms with Gasteiger partial charge in [-0.05, 0) is 24.3 Å². The van der Waals surface area contributed by atoms with Gasteiger partial charge in [0.15, 0.2) is 0 Å². The maximum atomic E-state index is 12.3. The molecule has 1 N–H and O–H groups in total. The Kier molecular flexibility index (Phi) is 6.91. The summed E-state index contributed by atoms with van der Waals surface area (Å²) in [5.41, 5.74) is 2.05. The molecule has 8 nitrogen and oxygen atoms in total. The molecule has 2 amide bonds. The van der Waals surface area contributed by atoms with E-state index < -0.39 is 6.29 Å². The molecule has 0 saturated carbocycles. The Morgan fingerprint density at radius 2 is 2.07 bits per heavy atom. The Morgan fingerprint density at radius 1 is 1.29 bits per heavy atom. The summed E-state index contributed by atoms with van der Waals surface area (Å²) in [5, 5.41) is 3.32. The standard InChI is InChI=1S/C19H21ClN4O4/c1-27-8-9-28-12-17(25)24-7-6-16-14(11-24)10-21-19(22-16)23-18(26)13-2-4-15(20)5-3-13/h2-5,10-11,19H,6-9,12H2,1H3,(H,23,26). The zero-order valence-corrected chi connectivity index (χ0v) is 16.2. The smallest absolute Gasteiger partial charge is 0.254 e. The molecule has 9 heteroatoms. The van der Waals surface area contributed by atoms with Gasteiger partial charge in [-0.25, -0.2) is 9.98 Å². The molecule has 0 aromatic heterocycles. The van der Waals surface area contributed by atoms with E-state index in [2.05, 4.69) is 15.3 Å². The topological polar surface area (TPSA) is 92.6 Å².